The predicted octanol–water partition coefficient (Wildman–Crippen LogP) is 2.34. The fourth-order valence-corrected chi connectivity index (χ4v) is 2.72. The number of hydrogen-bond acceptors (Lipinski definition) is 4. The molecule has 0 saturated carbocycles. The van der Waals surface area contributed by atoms with E-state index in [1.165, 1.54) is 12.1 Å². The lowest BCUT2D eigenvalue weighted by molar-refractivity contribution is -0.116. The number of carbonyl (C=O) groups is 1. The van der Waals surface area contributed by atoms with E-state index in [0.29, 0.717) is 25.0 Å². The van der Waals surface area contributed by atoms with E-state index in [0.717, 1.165) is 11.8 Å². The van der Waals surface area contributed by atoms with E-state index in [9.17, 15) is 14.3 Å². The van der Waals surface area contributed by atoms with Crippen molar-refractivity contribution in [3.05, 3.63) is 47.5 Å². The largest absolute Gasteiger partial charge is 0.485 e. The summed E-state index contributed by atoms with van der Waals surface area (Å²) < 4.78 is 18.9. The highest BCUT2D eigenvalue weighted by Gasteiger charge is 2.32. The van der Waals surface area contributed by atoms with E-state index in [1.54, 1.807) is 26.0 Å². The third kappa shape index (κ3) is 5.15. The Bertz CT molecular complexity index is 580. The van der Waals surface area contributed by atoms with Gasteiger partial charge in [-0.2, -0.15) is 0 Å². The van der Waals surface area contributed by atoms with Gasteiger partial charge in [-0.15, -0.1) is 0 Å². The highest BCUT2D eigenvalue weighted by atomic mass is 19.1. The highest BCUT2D eigenvalue weighted by Crippen LogP contribution is 2.30. The van der Waals surface area contributed by atoms with Gasteiger partial charge in [0.15, 0.2) is 12.4 Å². The van der Waals surface area contributed by atoms with E-state index in [-0.39, 0.29) is 11.7 Å². The molecule has 5 heteroatoms. The molecule has 1 aromatic carbocycles. The molecule has 0 aliphatic carbocycles. The second-order valence-corrected chi connectivity index (χ2v) is 6.74. The van der Waals surface area contributed by atoms with Crippen molar-refractivity contribution < 1.29 is 19.0 Å². The summed E-state index contributed by atoms with van der Waals surface area (Å²) in [6, 6.07) is 5.85. The van der Waals surface area contributed by atoms with Crippen LogP contribution in [-0.4, -0.2) is 29.1 Å². The summed E-state index contributed by atoms with van der Waals surface area (Å²) in [6.45, 7) is 3.47. The first kappa shape index (κ1) is 17.6. The number of halogens is 1. The van der Waals surface area contributed by atoms with Crippen LogP contribution >= 0.6 is 0 Å². The van der Waals surface area contributed by atoms with Gasteiger partial charge in [0.1, 0.15) is 11.6 Å². The van der Waals surface area contributed by atoms with Crippen LogP contribution in [0.15, 0.2) is 36.1 Å². The summed E-state index contributed by atoms with van der Waals surface area (Å²) in [5.74, 6) is 0.171. The first-order valence-electron chi connectivity index (χ1n) is 7.84. The second-order valence-electron chi connectivity index (χ2n) is 6.74. The molecule has 1 aliphatic rings. The molecule has 1 aliphatic heterocycles. The summed E-state index contributed by atoms with van der Waals surface area (Å²) in [5, 5.41) is 9.82. The summed E-state index contributed by atoms with van der Waals surface area (Å²) in [7, 11) is 0. The SMILES string of the molecule is CC(C)(O)CCC1C=C(C(N)Cc2cccc(F)c2)OC1C=O. The lowest BCUT2D eigenvalue weighted by atomic mass is 9.92. The molecule has 0 amide bonds. The summed E-state index contributed by atoms with van der Waals surface area (Å²) >= 11 is 0. The van der Waals surface area contributed by atoms with Gasteiger partial charge in [-0.1, -0.05) is 12.1 Å². The lowest BCUT2D eigenvalue weighted by Crippen LogP contribution is -2.27. The van der Waals surface area contributed by atoms with Gasteiger partial charge in [0.25, 0.3) is 0 Å². The number of rotatable bonds is 7. The standard InChI is InChI=1S/C18H24FNO3/c1-18(2,22)7-6-13-10-16(23-17(13)11-21)15(20)9-12-4-3-5-14(19)8-12/h3-5,8,10-11,13,15,17,22H,6-7,9,20H2,1-2H3. The molecule has 0 aromatic heterocycles. The average Bonchev–Trinajstić information content (AvgIpc) is 2.88. The molecule has 4 nitrogen and oxygen atoms in total. The van der Waals surface area contributed by atoms with Gasteiger partial charge in [0.2, 0.25) is 0 Å². The molecule has 3 atom stereocenters. The quantitative estimate of drug-likeness (QED) is 0.756. The molecule has 0 spiro atoms. The van der Waals surface area contributed by atoms with E-state index in [1.807, 2.05) is 6.08 Å². The van der Waals surface area contributed by atoms with Crippen molar-refractivity contribution in [2.75, 3.05) is 0 Å². The van der Waals surface area contributed by atoms with Crippen molar-refractivity contribution in [3.63, 3.8) is 0 Å². The molecule has 0 saturated heterocycles. The molecular weight excluding hydrogens is 297 g/mol. The number of aliphatic hydroxyl groups is 1. The van der Waals surface area contributed by atoms with Gasteiger partial charge in [0, 0.05) is 5.92 Å². The summed E-state index contributed by atoms with van der Waals surface area (Å²) in [4.78, 5) is 11.2. The van der Waals surface area contributed by atoms with Gasteiger partial charge >= 0.3 is 0 Å². The van der Waals surface area contributed by atoms with Crippen molar-refractivity contribution in [1.29, 1.82) is 0 Å². The van der Waals surface area contributed by atoms with E-state index >= 15 is 0 Å². The minimum atomic E-state index is -0.784. The monoisotopic (exact) mass is 321 g/mol. The molecule has 1 aromatic rings. The van der Waals surface area contributed by atoms with Crippen molar-refractivity contribution in [2.24, 2.45) is 11.7 Å². The Balaban J connectivity index is 2.02. The molecule has 2 rings (SSSR count). The minimum Gasteiger partial charge on any atom is -0.485 e. The molecule has 3 unspecified atom stereocenters. The first-order valence-corrected chi connectivity index (χ1v) is 7.84. The molecule has 23 heavy (non-hydrogen) atoms. The van der Waals surface area contributed by atoms with E-state index < -0.39 is 17.7 Å². The minimum absolute atomic E-state index is 0.0903. The fraction of sp³-hybridized carbons (Fsp3) is 0.500. The third-order valence-electron chi connectivity index (χ3n) is 4.01. The van der Waals surface area contributed by atoms with Gasteiger partial charge < -0.3 is 15.6 Å². The Labute approximate surface area is 136 Å². The van der Waals surface area contributed by atoms with Gasteiger partial charge in [-0.05, 0) is 56.9 Å². The van der Waals surface area contributed by atoms with Crippen LogP contribution in [0.5, 0.6) is 0 Å². The van der Waals surface area contributed by atoms with Crippen molar-refractivity contribution in [3.8, 4) is 0 Å². The molecule has 0 bridgehead atoms. The van der Waals surface area contributed by atoms with Crippen LogP contribution in [-0.2, 0) is 16.0 Å². The molecule has 0 radical (unpaired) electrons. The van der Waals surface area contributed by atoms with Crippen LogP contribution in [0.4, 0.5) is 4.39 Å². The van der Waals surface area contributed by atoms with Crippen LogP contribution in [0.1, 0.15) is 32.3 Å². The van der Waals surface area contributed by atoms with Crippen molar-refractivity contribution in [2.45, 2.75) is 50.9 Å². The first-order chi connectivity index (χ1) is 10.8. The van der Waals surface area contributed by atoms with Crippen LogP contribution in [0.2, 0.25) is 0 Å². The smallest absolute Gasteiger partial charge is 0.161 e. The number of hydrogen-bond donors (Lipinski definition) is 2. The van der Waals surface area contributed by atoms with Crippen LogP contribution in [0.25, 0.3) is 0 Å². The van der Waals surface area contributed by atoms with Crippen LogP contribution < -0.4 is 5.73 Å². The zero-order chi connectivity index (χ0) is 17.0. The number of carbonyl (C=O) groups excluding carboxylic acids is 1. The Kier molecular flexibility index (Phi) is 5.55. The molecule has 1 heterocycles. The third-order valence-corrected chi connectivity index (χ3v) is 4.01. The maximum atomic E-state index is 13.2. The predicted molar refractivity (Wildman–Crippen MR) is 86.1 cm³/mol. The van der Waals surface area contributed by atoms with E-state index in [4.69, 9.17) is 10.5 Å². The Morgan fingerprint density at radius 2 is 2.22 bits per heavy atom. The number of aldehydes is 1. The Hall–Kier alpha value is -1.72. The number of benzene rings is 1. The molecule has 126 valence electrons. The van der Waals surface area contributed by atoms with Crippen molar-refractivity contribution >= 4 is 6.29 Å². The molecule has 0 fully saturated rings. The lowest BCUT2D eigenvalue weighted by Gasteiger charge is -2.20. The Morgan fingerprint density at radius 3 is 2.83 bits per heavy atom. The summed E-state index contributed by atoms with van der Waals surface area (Å²) in [6.07, 6.45) is 3.72. The normalized spacial score (nSPS) is 22.4. The van der Waals surface area contributed by atoms with E-state index in [2.05, 4.69) is 0 Å². The number of nitrogens with two attached hydrogens (primary N) is 1. The van der Waals surface area contributed by atoms with Crippen molar-refractivity contribution in [1.82, 2.24) is 0 Å². The fourth-order valence-electron chi connectivity index (χ4n) is 2.72. The van der Waals surface area contributed by atoms with Gasteiger partial charge in [-0.25, -0.2) is 4.39 Å². The van der Waals surface area contributed by atoms with Gasteiger partial charge in [-0.3, -0.25) is 4.79 Å². The summed E-state index contributed by atoms with van der Waals surface area (Å²) in [5.41, 5.74) is 6.14. The maximum Gasteiger partial charge on any atom is 0.161 e. The zero-order valence-corrected chi connectivity index (χ0v) is 13.5. The van der Waals surface area contributed by atoms with Crippen LogP contribution in [0, 0.1) is 11.7 Å². The topological polar surface area (TPSA) is 72.6 Å². The average molecular weight is 321 g/mol. The van der Waals surface area contributed by atoms with Crippen LogP contribution in [0.3, 0.4) is 0 Å². The molecule has 3 N–H and O–H groups in total. The highest BCUT2D eigenvalue weighted by molar-refractivity contribution is 5.58. The van der Waals surface area contributed by atoms with Gasteiger partial charge in [0.05, 0.1) is 11.6 Å². The number of ether oxygens (including phenoxy) is 1. The molecular formula is C18H24FNO3. The zero-order valence-electron chi connectivity index (χ0n) is 13.5. The maximum absolute atomic E-state index is 13.2. The second kappa shape index (κ2) is 7.23. The Morgan fingerprint density at radius 1 is 1.48 bits per heavy atom.